The molecule has 0 spiro atoms. The van der Waals surface area contributed by atoms with E-state index in [9.17, 15) is 20.1 Å². The second kappa shape index (κ2) is 10.0. The van der Waals surface area contributed by atoms with Crippen molar-refractivity contribution in [3.8, 4) is 11.3 Å². The van der Waals surface area contributed by atoms with E-state index in [0.29, 0.717) is 36.0 Å². The van der Waals surface area contributed by atoms with Crippen molar-refractivity contribution < 1.29 is 20.1 Å². The Morgan fingerprint density at radius 1 is 1.00 bits per heavy atom. The molecule has 3 aromatic carbocycles. The first kappa shape index (κ1) is 24.9. The van der Waals surface area contributed by atoms with Crippen molar-refractivity contribution in [3.05, 3.63) is 108 Å². The van der Waals surface area contributed by atoms with Gasteiger partial charge in [-0.05, 0) is 53.4 Å². The summed E-state index contributed by atoms with van der Waals surface area (Å²) < 4.78 is 4.16. The highest BCUT2D eigenvalue weighted by atomic mass is 16.4. The van der Waals surface area contributed by atoms with E-state index in [-0.39, 0.29) is 12.2 Å². The van der Waals surface area contributed by atoms with Crippen LogP contribution in [0.15, 0.2) is 85.2 Å². The zero-order valence-electron chi connectivity index (χ0n) is 21.6. The SMILES string of the molecule is Cc1cccc2c1c(Cc1c(-c3ccc4ccccc4c3C(=O)O)nc3ccccn13)cn2CCC(O)CO. The van der Waals surface area contributed by atoms with Gasteiger partial charge in [0.15, 0.2) is 0 Å². The second-order valence-corrected chi connectivity index (χ2v) is 9.97. The van der Waals surface area contributed by atoms with Crippen molar-refractivity contribution in [2.75, 3.05) is 6.61 Å². The molecule has 0 fully saturated rings. The molecule has 0 saturated carbocycles. The molecule has 0 radical (unpaired) electrons. The lowest BCUT2D eigenvalue weighted by Crippen LogP contribution is -2.14. The number of aliphatic hydroxyl groups excluding tert-OH is 2. The van der Waals surface area contributed by atoms with Gasteiger partial charge in [0.2, 0.25) is 0 Å². The monoisotopic (exact) mass is 519 g/mol. The molecule has 7 heteroatoms. The van der Waals surface area contributed by atoms with Gasteiger partial charge in [-0.2, -0.15) is 0 Å². The number of carbonyl (C=O) groups is 1. The lowest BCUT2D eigenvalue weighted by molar-refractivity contribution is 0.0699. The predicted octanol–water partition coefficient (Wildman–Crippen LogP) is 5.45. The number of carboxylic acid groups (broad SMARTS) is 1. The Morgan fingerprint density at radius 2 is 1.82 bits per heavy atom. The summed E-state index contributed by atoms with van der Waals surface area (Å²) in [5.41, 5.74) is 6.42. The zero-order valence-corrected chi connectivity index (χ0v) is 21.6. The summed E-state index contributed by atoms with van der Waals surface area (Å²) in [6.07, 6.45) is 4.26. The summed E-state index contributed by atoms with van der Waals surface area (Å²) in [6.45, 7) is 2.38. The summed E-state index contributed by atoms with van der Waals surface area (Å²) in [7, 11) is 0. The third kappa shape index (κ3) is 4.35. The maximum Gasteiger partial charge on any atom is 0.337 e. The van der Waals surface area contributed by atoms with E-state index in [1.165, 1.54) is 0 Å². The van der Waals surface area contributed by atoms with Crippen LogP contribution in [-0.4, -0.2) is 48.0 Å². The molecule has 1 unspecified atom stereocenters. The van der Waals surface area contributed by atoms with Crippen molar-refractivity contribution >= 4 is 33.3 Å². The van der Waals surface area contributed by atoms with Crippen LogP contribution in [0.4, 0.5) is 0 Å². The fraction of sp³-hybridized carbons (Fsp3) is 0.188. The summed E-state index contributed by atoms with van der Waals surface area (Å²) in [5, 5.41) is 32.3. The van der Waals surface area contributed by atoms with E-state index < -0.39 is 12.1 Å². The standard InChI is InChI=1S/C32H29N3O4/c1-20-7-6-10-26-29(20)22(18-34(26)16-14-23(37)19-36)17-27-31(33-28-11-4-5-15-35(27)28)25-13-12-21-8-2-3-9-24(21)30(25)32(38)39/h2-13,15,18,23,36-37H,14,16-17,19H2,1H3,(H,38,39). The van der Waals surface area contributed by atoms with E-state index in [1.807, 2.05) is 71.3 Å². The van der Waals surface area contributed by atoms with E-state index in [1.54, 1.807) is 0 Å². The van der Waals surface area contributed by atoms with Crippen molar-refractivity contribution in [2.24, 2.45) is 0 Å². The summed E-state index contributed by atoms with van der Waals surface area (Å²) in [5.74, 6) is -0.986. The van der Waals surface area contributed by atoms with Crippen LogP contribution in [0, 0.1) is 6.92 Å². The molecule has 0 bridgehead atoms. The maximum absolute atomic E-state index is 12.6. The molecule has 3 N–H and O–H groups in total. The van der Waals surface area contributed by atoms with Crippen molar-refractivity contribution in [1.29, 1.82) is 0 Å². The molecule has 3 heterocycles. The van der Waals surface area contributed by atoms with E-state index in [4.69, 9.17) is 4.98 Å². The number of imidazole rings is 1. The van der Waals surface area contributed by atoms with Gasteiger partial charge in [-0.25, -0.2) is 9.78 Å². The molecule has 0 aliphatic rings. The Hall–Kier alpha value is -4.46. The molecule has 6 rings (SSSR count). The molecular formula is C32H29N3O4. The minimum Gasteiger partial charge on any atom is -0.478 e. The molecule has 0 aliphatic carbocycles. The zero-order chi connectivity index (χ0) is 27.1. The normalized spacial score (nSPS) is 12.5. The first-order valence-corrected chi connectivity index (χ1v) is 13.0. The molecule has 196 valence electrons. The number of fused-ring (bicyclic) bond motifs is 3. The van der Waals surface area contributed by atoms with Crippen LogP contribution >= 0.6 is 0 Å². The highest BCUT2D eigenvalue weighted by Gasteiger charge is 2.23. The summed E-state index contributed by atoms with van der Waals surface area (Å²) >= 11 is 0. The van der Waals surface area contributed by atoms with Gasteiger partial charge in [0.05, 0.1) is 29.7 Å². The highest BCUT2D eigenvalue weighted by Crippen LogP contribution is 2.35. The highest BCUT2D eigenvalue weighted by molar-refractivity contribution is 6.09. The minimum absolute atomic E-state index is 0.245. The largest absolute Gasteiger partial charge is 0.478 e. The topological polar surface area (TPSA) is 100.0 Å². The van der Waals surface area contributed by atoms with Gasteiger partial charge in [-0.15, -0.1) is 0 Å². The fourth-order valence-electron chi connectivity index (χ4n) is 5.64. The van der Waals surface area contributed by atoms with E-state index in [2.05, 4.69) is 29.8 Å². The molecular weight excluding hydrogens is 490 g/mol. The van der Waals surface area contributed by atoms with Gasteiger partial charge in [0.1, 0.15) is 5.65 Å². The van der Waals surface area contributed by atoms with Crippen molar-refractivity contribution in [2.45, 2.75) is 32.4 Å². The van der Waals surface area contributed by atoms with E-state index in [0.717, 1.165) is 38.8 Å². The average molecular weight is 520 g/mol. The molecule has 39 heavy (non-hydrogen) atoms. The number of hydrogen-bond donors (Lipinski definition) is 3. The van der Waals surface area contributed by atoms with Gasteiger partial charge in [0, 0.05) is 41.8 Å². The number of hydrogen-bond acceptors (Lipinski definition) is 4. The molecule has 0 aliphatic heterocycles. The van der Waals surface area contributed by atoms with Crippen LogP contribution in [-0.2, 0) is 13.0 Å². The van der Waals surface area contributed by atoms with Crippen LogP contribution in [0.1, 0.15) is 33.6 Å². The number of aromatic nitrogens is 3. The lowest BCUT2D eigenvalue weighted by Gasteiger charge is -2.11. The van der Waals surface area contributed by atoms with Crippen molar-refractivity contribution in [3.63, 3.8) is 0 Å². The van der Waals surface area contributed by atoms with Gasteiger partial charge >= 0.3 is 5.97 Å². The molecule has 3 aromatic heterocycles. The third-order valence-electron chi connectivity index (χ3n) is 7.49. The van der Waals surface area contributed by atoms with Crippen LogP contribution in [0.25, 0.3) is 38.6 Å². The number of nitrogens with zero attached hydrogens (tertiary/aromatic N) is 3. The first-order chi connectivity index (χ1) is 19.0. The molecule has 0 amide bonds. The number of pyridine rings is 1. The Bertz CT molecular complexity index is 1850. The minimum atomic E-state index is -0.986. The summed E-state index contributed by atoms with van der Waals surface area (Å²) in [4.78, 5) is 17.5. The summed E-state index contributed by atoms with van der Waals surface area (Å²) in [6, 6.07) is 23.3. The quantitative estimate of drug-likeness (QED) is 0.248. The Labute approximate surface area is 225 Å². The lowest BCUT2D eigenvalue weighted by atomic mass is 9.94. The van der Waals surface area contributed by atoms with Gasteiger partial charge < -0.3 is 24.3 Å². The molecule has 6 aromatic rings. The van der Waals surface area contributed by atoms with Crippen LogP contribution < -0.4 is 0 Å². The van der Waals surface area contributed by atoms with Gasteiger partial charge in [-0.1, -0.05) is 54.6 Å². The third-order valence-corrected chi connectivity index (χ3v) is 7.49. The predicted molar refractivity (Wildman–Crippen MR) is 152 cm³/mol. The molecule has 1 atom stereocenters. The fourth-order valence-corrected chi connectivity index (χ4v) is 5.64. The number of aryl methyl sites for hydroxylation is 2. The molecule has 7 nitrogen and oxygen atoms in total. The number of rotatable bonds is 8. The van der Waals surface area contributed by atoms with Crippen LogP contribution in [0.2, 0.25) is 0 Å². The van der Waals surface area contributed by atoms with Crippen molar-refractivity contribution in [1.82, 2.24) is 14.0 Å². The average Bonchev–Trinajstić information content (AvgIpc) is 3.50. The maximum atomic E-state index is 12.6. The first-order valence-electron chi connectivity index (χ1n) is 13.0. The molecule has 0 saturated heterocycles. The smallest absolute Gasteiger partial charge is 0.337 e. The van der Waals surface area contributed by atoms with Gasteiger partial charge in [0.25, 0.3) is 0 Å². The van der Waals surface area contributed by atoms with Gasteiger partial charge in [-0.3, -0.25) is 0 Å². The number of benzene rings is 3. The Balaban J connectivity index is 1.55. The second-order valence-electron chi connectivity index (χ2n) is 9.97. The van der Waals surface area contributed by atoms with E-state index >= 15 is 0 Å². The Kier molecular flexibility index (Phi) is 6.38. The van der Waals surface area contributed by atoms with Crippen LogP contribution in [0.5, 0.6) is 0 Å². The van der Waals surface area contributed by atoms with Crippen LogP contribution in [0.3, 0.4) is 0 Å². The number of carboxylic acids is 1. The number of aromatic carboxylic acids is 1. The Morgan fingerprint density at radius 3 is 2.64 bits per heavy atom. The number of aliphatic hydroxyl groups is 2.